The van der Waals surface area contributed by atoms with Gasteiger partial charge >= 0.3 is 0 Å². The van der Waals surface area contributed by atoms with E-state index in [1.807, 2.05) is 35.2 Å². The van der Waals surface area contributed by atoms with Crippen LogP contribution < -0.4 is 0 Å². The zero-order chi connectivity index (χ0) is 21.8. The predicted molar refractivity (Wildman–Crippen MR) is 113 cm³/mol. The normalized spacial score (nSPS) is 19.3. The molecule has 2 fully saturated rings. The number of aromatic nitrogens is 1. The summed E-state index contributed by atoms with van der Waals surface area (Å²) < 4.78 is 14.0. The first kappa shape index (κ1) is 21.4. The van der Waals surface area contributed by atoms with Gasteiger partial charge in [-0.15, -0.1) is 0 Å². The number of nitrogens with zero attached hydrogens (tertiary/aromatic N) is 3. The third kappa shape index (κ3) is 4.77. The minimum Gasteiger partial charge on any atom is -0.385 e. The van der Waals surface area contributed by atoms with Gasteiger partial charge in [0.25, 0.3) is 0 Å². The smallest absolute Gasteiger partial charge is 0.226 e. The molecule has 6 nitrogen and oxygen atoms in total. The molecule has 0 saturated carbocycles. The molecule has 0 unspecified atom stereocenters. The van der Waals surface area contributed by atoms with Crippen LogP contribution in [-0.4, -0.2) is 57.9 Å². The number of rotatable bonds is 4. The third-order valence-electron chi connectivity index (χ3n) is 6.56. The number of pyridine rings is 1. The molecular weight excluding hydrogens is 397 g/mol. The summed E-state index contributed by atoms with van der Waals surface area (Å²) in [6.07, 6.45) is 3.62. The quantitative estimate of drug-likeness (QED) is 0.764. The molecule has 0 atom stereocenters. The minimum absolute atomic E-state index is 0.0730. The third-order valence-corrected chi connectivity index (χ3v) is 6.56. The van der Waals surface area contributed by atoms with Crippen LogP contribution in [0, 0.1) is 11.9 Å². The van der Waals surface area contributed by atoms with Crippen LogP contribution in [0.3, 0.4) is 0 Å². The van der Waals surface area contributed by atoms with Crippen molar-refractivity contribution in [2.45, 2.75) is 37.7 Å². The highest BCUT2D eigenvalue weighted by molar-refractivity contribution is 5.81. The lowest BCUT2D eigenvalue weighted by molar-refractivity contribution is -0.144. The van der Waals surface area contributed by atoms with E-state index >= 15 is 0 Å². The van der Waals surface area contributed by atoms with Gasteiger partial charge in [0, 0.05) is 43.9 Å². The molecule has 2 aliphatic rings. The Morgan fingerprint density at radius 3 is 2.32 bits per heavy atom. The Kier molecular flexibility index (Phi) is 6.32. The number of aliphatic hydroxyl groups is 1. The fourth-order valence-corrected chi connectivity index (χ4v) is 4.62. The molecule has 1 aromatic carbocycles. The number of amides is 2. The number of piperidine rings is 2. The molecule has 0 radical (unpaired) electrons. The molecule has 2 amide bonds. The fraction of sp³-hybridized carbons (Fsp3) is 0.458. The summed E-state index contributed by atoms with van der Waals surface area (Å²) in [5.41, 5.74) is -0.0913. The van der Waals surface area contributed by atoms with Crippen LogP contribution in [-0.2, 0) is 21.6 Å². The first-order chi connectivity index (χ1) is 15.0. The van der Waals surface area contributed by atoms with Gasteiger partial charge in [0.2, 0.25) is 17.8 Å². The van der Waals surface area contributed by atoms with E-state index in [1.54, 1.807) is 17.0 Å². The minimum atomic E-state index is -1.29. The zero-order valence-electron chi connectivity index (χ0n) is 17.5. The second-order valence-corrected chi connectivity index (χ2v) is 8.52. The van der Waals surface area contributed by atoms with Gasteiger partial charge in [0.15, 0.2) is 0 Å². The summed E-state index contributed by atoms with van der Waals surface area (Å²) >= 11 is 0. The van der Waals surface area contributed by atoms with Crippen LogP contribution in [0.5, 0.6) is 0 Å². The van der Waals surface area contributed by atoms with Gasteiger partial charge in [0.1, 0.15) is 0 Å². The molecule has 0 spiro atoms. The number of hydrogen-bond donors (Lipinski definition) is 1. The van der Waals surface area contributed by atoms with Crippen molar-refractivity contribution in [1.82, 2.24) is 14.8 Å². The largest absolute Gasteiger partial charge is 0.385 e. The Bertz CT molecular complexity index is 921. The molecule has 31 heavy (non-hydrogen) atoms. The lowest BCUT2D eigenvalue weighted by Crippen LogP contribution is -2.49. The number of benzene rings is 1. The van der Waals surface area contributed by atoms with Crippen molar-refractivity contribution in [2.24, 2.45) is 5.92 Å². The highest BCUT2D eigenvalue weighted by Gasteiger charge is 2.39. The van der Waals surface area contributed by atoms with Gasteiger partial charge < -0.3 is 14.9 Å². The second kappa shape index (κ2) is 9.14. The van der Waals surface area contributed by atoms with E-state index in [1.165, 1.54) is 6.20 Å². The number of halogens is 1. The van der Waals surface area contributed by atoms with Crippen LogP contribution >= 0.6 is 0 Å². The summed E-state index contributed by atoms with van der Waals surface area (Å²) in [7, 11) is 0. The molecular formula is C24H28FN3O3. The van der Waals surface area contributed by atoms with E-state index in [9.17, 15) is 19.1 Å². The average molecular weight is 426 g/mol. The summed E-state index contributed by atoms with van der Waals surface area (Å²) in [5, 5.41) is 10.9. The van der Waals surface area contributed by atoms with E-state index < -0.39 is 11.5 Å². The standard InChI is InChI=1S/C24H28FN3O3/c25-22-20(7-4-12-26-22)24(31)10-15-28(16-11-24)23(30)19-8-13-27(14-9-19)21(29)17-18-5-2-1-3-6-18/h1-7,12,19,31H,8-11,13-17H2. The molecule has 3 heterocycles. The molecule has 7 heteroatoms. The van der Waals surface area contributed by atoms with Crippen molar-refractivity contribution in [3.63, 3.8) is 0 Å². The maximum atomic E-state index is 14.0. The zero-order valence-corrected chi connectivity index (χ0v) is 17.5. The molecule has 2 saturated heterocycles. The fourth-order valence-electron chi connectivity index (χ4n) is 4.62. The van der Waals surface area contributed by atoms with Gasteiger partial charge in [-0.2, -0.15) is 4.39 Å². The number of likely N-dealkylation sites (tertiary alicyclic amines) is 2. The van der Waals surface area contributed by atoms with Crippen molar-refractivity contribution >= 4 is 11.8 Å². The first-order valence-electron chi connectivity index (χ1n) is 10.9. The molecule has 1 N–H and O–H groups in total. The van der Waals surface area contributed by atoms with Crippen LogP contribution in [0.1, 0.15) is 36.8 Å². The number of hydrogen-bond acceptors (Lipinski definition) is 4. The van der Waals surface area contributed by atoms with Gasteiger partial charge in [-0.3, -0.25) is 9.59 Å². The van der Waals surface area contributed by atoms with E-state index in [0.717, 1.165) is 5.56 Å². The van der Waals surface area contributed by atoms with Crippen molar-refractivity contribution in [3.05, 3.63) is 65.7 Å². The Morgan fingerprint density at radius 2 is 1.68 bits per heavy atom. The first-order valence-corrected chi connectivity index (χ1v) is 10.9. The Morgan fingerprint density at radius 1 is 1.00 bits per heavy atom. The highest BCUT2D eigenvalue weighted by atomic mass is 19.1. The van der Waals surface area contributed by atoms with Crippen molar-refractivity contribution < 1.29 is 19.1 Å². The van der Waals surface area contributed by atoms with Crippen LogP contribution in [0.25, 0.3) is 0 Å². The lowest BCUT2D eigenvalue weighted by atomic mass is 9.84. The second-order valence-electron chi connectivity index (χ2n) is 8.52. The SMILES string of the molecule is O=C(Cc1ccccc1)N1CCC(C(=O)N2CCC(O)(c3cccnc3F)CC2)CC1. The average Bonchev–Trinajstić information content (AvgIpc) is 2.80. The predicted octanol–water partition coefficient (Wildman–Crippen LogP) is 2.51. The Labute approximate surface area is 181 Å². The van der Waals surface area contributed by atoms with Gasteiger partial charge in [-0.05, 0) is 37.3 Å². The molecule has 164 valence electrons. The Hall–Kier alpha value is -2.80. The maximum absolute atomic E-state index is 14.0. The summed E-state index contributed by atoms with van der Waals surface area (Å²) in [5.74, 6) is -0.595. The summed E-state index contributed by atoms with van der Waals surface area (Å²) in [6, 6.07) is 12.8. The lowest BCUT2D eigenvalue weighted by Gasteiger charge is -2.40. The monoisotopic (exact) mass is 425 g/mol. The van der Waals surface area contributed by atoms with E-state index in [4.69, 9.17) is 0 Å². The highest BCUT2D eigenvalue weighted by Crippen LogP contribution is 2.34. The number of carbonyl (C=O) groups excluding carboxylic acids is 2. The molecule has 4 rings (SSSR count). The van der Waals surface area contributed by atoms with Gasteiger partial charge in [-0.1, -0.05) is 36.4 Å². The molecule has 0 bridgehead atoms. The van der Waals surface area contributed by atoms with Crippen LogP contribution in [0.2, 0.25) is 0 Å². The molecule has 0 aliphatic carbocycles. The maximum Gasteiger partial charge on any atom is 0.226 e. The van der Waals surface area contributed by atoms with Gasteiger partial charge in [-0.25, -0.2) is 4.98 Å². The molecule has 1 aromatic heterocycles. The molecule has 2 aromatic rings. The molecule has 2 aliphatic heterocycles. The summed E-state index contributed by atoms with van der Waals surface area (Å²) in [6.45, 7) is 1.94. The van der Waals surface area contributed by atoms with E-state index in [0.29, 0.717) is 45.4 Å². The van der Waals surface area contributed by atoms with Crippen LogP contribution in [0.15, 0.2) is 48.7 Å². The number of carbonyl (C=O) groups is 2. The topological polar surface area (TPSA) is 73.7 Å². The summed E-state index contributed by atoms with van der Waals surface area (Å²) in [4.78, 5) is 32.8. The van der Waals surface area contributed by atoms with Crippen LogP contribution in [0.4, 0.5) is 4.39 Å². The Balaban J connectivity index is 1.28. The van der Waals surface area contributed by atoms with Crippen molar-refractivity contribution in [3.8, 4) is 0 Å². The van der Waals surface area contributed by atoms with E-state index in [2.05, 4.69) is 4.98 Å². The van der Waals surface area contributed by atoms with Gasteiger partial charge in [0.05, 0.1) is 12.0 Å². The van der Waals surface area contributed by atoms with Crippen molar-refractivity contribution in [1.29, 1.82) is 0 Å². The van der Waals surface area contributed by atoms with E-state index in [-0.39, 0.29) is 36.1 Å². The van der Waals surface area contributed by atoms with Crippen molar-refractivity contribution in [2.75, 3.05) is 26.2 Å².